The van der Waals surface area contributed by atoms with E-state index in [0.29, 0.717) is 18.8 Å². The highest BCUT2D eigenvalue weighted by molar-refractivity contribution is 5.94. The van der Waals surface area contributed by atoms with Crippen LogP contribution < -0.4 is 9.21 Å². The van der Waals surface area contributed by atoms with Gasteiger partial charge in [0.15, 0.2) is 0 Å². The summed E-state index contributed by atoms with van der Waals surface area (Å²) >= 11 is 0. The van der Waals surface area contributed by atoms with Crippen LogP contribution in [0, 0.1) is 0 Å². The van der Waals surface area contributed by atoms with Crippen LogP contribution in [0.2, 0.25) is 0 Å². The first-order valence-electron chi connectivity index (χ1n) is 6.62. The van der Waals surface area contributed by atoms with Gasteiger partial charge in [0.1, 0.15) is 24.2 Å². The lowest BCUT2D eigenvalue weighted by atomic mass is 9.92. The summed E-state index contributed by atoms with van der Waals surface area (Å²) in [6.07, 6.45) is 6.87. The van der Waals surface area contributed by atoms with Gasteiger partial charge in [-0.2, -0.15) is 0 Å². The average molecular weight is 269 g/mol. The molecule has 0 atom stereocenters. The molecule has 3 rings (SSSR count). The van der Waals surface area contributed by atoms with Crippen LogP contribution >= 0.6 is 0 Å². The van der Waals surface area contributed by atoms with Crippen molar-refractivity contribution >= 4 is 7.98 Å². The summed E-state index contributed by atoms with van der Waals surface area (Å²) in [4.78, 5) is 0. The Labute approximate surface area is 120 Å². The number of benzene rings is 1. The maximum atomic E-state index is 5.92. The number of aromatic nitrogens is 1. The van der Waals surface area contributed by atoms with E-state index in [1.165, 1.54) is 5.56 Å². The zero-order valence-corrected chi connectivity index (χ0v) is 10.7. The molecule has 0 spiro atoms. The second-order valence-electron chi connectivity index (χ2n) is 4.81. The molecule has 0 amide bonds. The Morgan fingerprint density at radius 2 is 1.70 bits per heavy atom. The maximum absolute atomic E-state index is 5.92. The molecule has 0 N–H and O–H groups in total. The lowest BCUT2D eigenvalue weighted by molar-refractivity contribution is -0.521. The molecule has 0 unspecified atom stereocenters. The first kappa shape index (κ1) is 13.2. The predicted octanol–water partition coefficient (Wildman–Crippen LogP) is 1.23. The van der Waals surface area contributed by atoms with Crippen LogP contribution in [0.4, 0.5) is 0 Å². The van der Waals surface area contributed by atoms with E-state index < -0.39 is 0 Å². The third-order valence-corrected chi connectivity index (χ3v) is 3.33. The first-order valence-corrected chi connectivity index (χ1v) is 6.62. The third kappa shape index (κ3) is 3.39. The zero-order chi connectivity index (χ0) is 13.8. The van der Waals surface area contributed by atoms with E-state index in [0.717, 1.165) is 18.6 Å². The molecular weight excluding hydrogens is 249 g/mol. The Kier molecular flexibility index (Phi) is 4.02. The molecule has 104 valence electrons. The van der Waals surface area contributed by atoms with E-state index in [1.807, 2.05) is 18.2 Å². The van der Waals surface area contributed by atoms with Gasteiger partial charge in [0.2, 0.25) is 7.98 Å². The fraction of sp³-hybridized carbons (Fsp3) is 0.312. The van der Waals surface area contributed by atoms with Crippen LogP contribution in [0.1, 0.15) is 18.4 Å². The topological polar surface area (TPSA) is 22.3 Å². The molecule has 0 bridgehead atoms. The van der Waals surface area contributed by atoms with E-state index in [4.69, 9.17) is 9.47 Å². The Morgan fingerprint density at radius 1 is 1.00 bits per heavy atom. The molecule has 1 aliphatic rings. The summed E-state index contributed by atoms with van der Waals surface area (Å²) in [6, 6.07) is 14.4. The lowest BCUT2D eigenvalue weighted by Crippen LogP contribution is -2.39. The smallest absolute Gasteiger partial charge is 0.239 e. The van der Waals surface area contributed by atoms with Crippen molar-refractivity contribution in [3.8, 4) is 5.75 Å². The standard InChI is InChI=1S/C16H20BNO2/c17-18-8-6-14(7-9-18)20-16-10-15(11-16)19-12-13-4-2-1-3-5-13/h1-9,15-16H,10-12H2,17H3. The summed E-state index contributed by atoms with van der Waals surface area (Å²) in [7, 11) is 0.220. The van der Waals surface area contributed by atoms with Crippen molar-refractivity contribution in [1.82, 2.24) is 0 Å². The van der Waals surface area contributed by atoms with Crippen LogP contribution in [0.15, 0.2) is 54.9 Å². The second-order valence-corrected chi connectivity index (χ2v) is 4.81. The van der Waals surface area contributed by atoms with E-state index in [1.54, 1.807) is 0 Å². The largest absolute Gasteiger partial charge is 0.490 e. The van der Waals surface area contributed by atoms with Gasteiger partial charge >= 0.3 is 0 Å². The SMILES string of the molecule is [BH3-][n+]1ccc(OC2CC(OCc3ccccc3)C2)cc1. The van der Waals surface area contributed by atoms with E-state index in [9.17, 15) is 0 Å². The summed E-state index contributed by atoms with van der Waals surface area (Å²) in [5.74, 6) is 0.979. The second kappa shape index (κ2) is 6.10. The lowest BCUT2D eigenvalue weighted by Gasteiger charge is -2.35. The summed E-state index contributed by atoms with van der Waals surface area (Å²) in [6.45, 7) is 0.702. The van der Waals surface area contributed by atoms with Crippen LogP contribution in [0.3, 0.4) is 0 Å². The highest BCUT2D eigenvalue weighted by Gasteiger charge is 2.31. The minimum atomic E-state index is 0.220. The molecule has 20 heavy (non-hydrogen) atoms. The van der Waals surface area contributed by atoms with E-state index in [2.05, 4.69) is 41.1 Å². The molecule has 1 aromatic heterocycles. The number of pyridine rings is 1. The van der Waals surface area contributed by atoms with Gasteiger partial charge < -0.3 is 14.0 Å². The average Bonchev–Trinajstić information content (AvgIpc) is 2.44. The molecule has 4 heteroatoms. The first-order chi connectivity index (χ1) is 9.79. The van der Waals surface area contributed by atoms with Gasteiger partial charge in [-0.1, -0.05) is 30.3 Å². The van der Waals surface area contributed by atoms with Crippen molar-refractivity contribution in [3.63, 3.8) is 0 Å². The van der Waals surface area contributed by atoms with Crippen LogP contribution in [-0.4, -0.2) is 20.2 Å². The molecule has 3 nitrogen and oxygen atoms in total. The third-order valence-electron chi connectivity index (χ3n) is 3.33. The summed E-state index contributed by atoms with van der Waals surface area (Å²) in [5, 5.41) is 0. The molecular formula is C16H20BNO2. The van der Waals surface area contributed by atoms with Gasteiger partial charge in [-0.05, 0) is 5.56 Å². The van der Waals surface area contributed by atoms with Gasteiger partial charge in [0.25, 0.3) is 0 Å². The molecule has 1 saturated carbocycles. The molecule has 1 fully saturated rings. The monoisotopic (exact) mass is 269 g/mol. The Bertz CT molecular complexity index is 538. The number of hydrogen-bond donors (Lipinski definition) is 0. The van der Waals surface area contributed by atoms with Gasteiger partial charge in [0.05, 0.1) is 12.7 Å². The van der Waals surface area contributed by atoms with Crippen molar-refractivity contribution in [2.24, 2.45) is 0 Å². The fourth-order valence-electron chi connectivity index (χ4n) is 2.15. The number of ether oxygens (including phenoxy) is 2. The molecule has 1 heterocycles. The molecule has 1 aliphatic carbocycles. The molecule has 2 aromatic rings. The number of hydrogen-bond acceptors (Lipinski definition) is 2. The Morgan fingerprint density at radius 3 is 2.40 bits per heavy atom. The zero-order valence-electron chi connectivity index (χ0n) is 10.7. The van der Waals surface area contributed by atoms with Crippen LogP contribution in [0.25, 0.3) is 0 Å². The van der Waals surface area contributed by atoms with Crippen molar-refractivity contribution in [1.29, 1.82) is 0 Å². The number of nitrogens with zero attached hydrogens (tertiary/aromatic N) is 1. The summed E-state index contributed by atoms with van der Waals surface area (Å²) < 4.78 is 14.0. The quantitative estimate of drug-likeness (QED) is 0.762. The molecule has 0 radical (unpaired) electrons. The minimum Gasteiger partial charge on any atom is -0.490 e. The highest BCUT2D eigenvalue weighted by atomic mass is 16.5. The fourth-order valence-corrected chi connectivity index (χ4v) is 2.15. The van der Waals surface area contributed by atoms with Crippen molar-refractivity contribution in [2.75, 3.05) is 0 Å². The van der Waals surface area contributed by atoms with Crippen molar-refractivity contribution in [2.45, 2.75) is 31.7 Å². The minimum absolute atomic E-state index is 0.220. The van der Waals surface area contributed by atoms with Gasteiger partial charge in [-0.3, -0.25) is 0 Å². The van der Waals surface area contributed by atoms with Crippen LogP contribution in [-0.2, 0) is 11.3 Å². The van der Waals surface area contributed by atoms with Crippen molar-refractivity contribution in [3.05, 3.63) is 60.4 Å². The predicted molar refractivity (Wildman–Crippen MR) is 80.6 cm³/mol. The molecule has 1 aromatic carbocycles. The Balaban J connectivity index is 1.39. The van der Waals surface area contributed by atoms with Crippen molar-refractivity contribution < 1.29 is 14.0 Å². The summed E-state index contributed by atoms with van der Waals surface area (Å²) in [5.41, 5.74) is 1.24. The van der Waals surface area contributed by atoms with E-state index in [-0.39, 0.29) is 7.98 Å². The normalized spacial score (nSPS) is 21.2. The van der Waals surface area contributed by atoms with E-state index >= 15 is 0 Å². The van der Waals surface area contributed by atoms with Gasteiger partial charge in [-0.15, -0.1) is 0 Å². The molecule has 0 aliphatic heterocycles. The Hall–Kier alpha value is -1.81. The van der Waals surface area contributed by atoms with Gasteiger partial charge in [0, 0.05) is 25.0 Å². The molecule has 0 saturated heterocycles. The highest BCUT2D eigenvalue weighted by Crippen LogP contribution is 2.28. The number of rotatable bonds is 5. The van der Waals surface area contributed by atoms with Gasteiger partial charge in [-0.25, -0.2) is 0 Å². The maximum Gasteiger partial charge on any atom is 0.239 e. The van der Waals surface area contributed by atoms with Crippen LogP contribution in [0.5, 0.6) is 5.75 Å².